The van der Waals surface area contributed by atoms with Crippen LogP contribution in [0.25, 0.3) is 0 Å². The summed E-state index contributed by atoms with van der Waals surface area (Å²) in [6, 6.07) is 0. The lowest BCUT2D eigenvalue weighted by Gasteiger charge is -2.42. The van der Waals surface area contributed by atoms with Crippen molar-refractivity contribution in [2.24, 2.45) is 5.41 Å². The molecule has 1 aliphatic rings. The van der Waals surface area contributed by atoms with Gasteiger partial charge >= 0.3 is 0 Å². The third-order valence-corrected chi connectivity index (χ3v) is 10.2. The van der Waals surface area contributed by atoms with Gasteiger partial charge in [-0.25, -0.2) is 0 Å². The van der Waals surface area contributed by atoms with Gasteiger partial charge in [0, 0.05) is 30.9 Å². The minimum absolute atomic E-state index is 0.404. The molecule has 3 heteroatoms. The lowest BCUT2D eigenvalue weighted by molar-refractivity contribution is 0.0241. The van der Waals surface area contributed by atoms with E-state index in [1.165, 1.54) is 153 Å². The van der Waals surface area contributed by atoms with Gasteiger partial charge in [-0.3, -0.25) is 0 Å². The van der Waals surface area contributed by atoms with Crippen molar-refractivity contribution >= 4 is 11.8 Å². The Morgan fingerprint density at radius 1 is 0.523 bits per heavy atom. The van der Waals surface area contributed by atoms with Crippen LogP contribution in [0.1, 0.15) is 168 Å². The molecule has 1 aliphatic heterocycles. The van der Waals surface area contributed by atoms with Crippen LogP contribution >= 0.6 is 11.8 Å². The minimum atomic E-state index is 0.404. The maximum atomic E-state index is 6.17. The van der Waals surface area contributed by atoms with Crippen molar-refractivity contribution in [1.82, 2.24) is 5.32 Å². The zero-order chi connectivity index (χ0) is 31.5. The standard InChI is InChI=1S/C41H75NOS/c1-3-5-7-9-11-13-15-17-19-21-23-25-27-29-31-33-35-43-39-41(37-42-38-41)40-44-36-34-32-30-28-26-24-22-20-18-16-14-12-10-8-6-4-2/h11-14,17-20,42H,3-10,15-16,21-40H2,1-2H3/b13-11-,14-12-,19-17-,20-18-. The molecule has 0 aromatic carbocycles. The van der Waals surface area contributed by atoms with E-state index in [2.05, 4.69) is 79.5 Å². The monoisotopic (exact) mass is 630 g/mol. The molecule has 1 fully saturated rings. The Hall–Kier alpha value is -0.770. The van der Waals surface area contributed by atoms with Gasteiger partial charge in [-0.15, -0.1) is 0 Å². The Morgan fingerprint density at radius 2 is 0.955 bits per heavy atom. The highest BCUT2D eigenvalue weighted by Crippen LogP contribution is 2.29. The van der Waals surface area contributed by atoms with Crippen LogP contribution in [0, 0.1) is 5.41 Å². The van der Waals surface area contributed by atoms with Crippen molar-refractivity contribution in [2.75, 3.05) is 37.8 Å². The second-order valence-electron chi connectivity index (χ2n) is 13.4. The van der Waals surface area contributed by atoms with E-state index in [1.54, 1.807) is 0 Å². The van der Waals surface area contributed by atoms with E-state index in [-0.39, 0.29) is 0 Å². The molecule has 0 spiro atoms. The summed E-state index contributed by atoms with van der Waals surface area (Å²) in [6.07, 6.45) is 50.5. The maximum Gasteiger partial charge on any atom is 0.0554 e. The molecule has 0 bridgehead atoms. The van der Waals surface area contributed by atoms with Crippen molar-refractivity contribution in [3.8, 4) is 0 Å². The molecule has 44 heavy (non-hydrogen) atoms. The normalized spacial score (nSPS) is 15.0. The Morgan fingerprint density at radius 3 is 1.41 bits per heavy atom. The molecule has 0 atom stereocenters. The third kappa shape index (κ3) is 27.5. The van der Waals surface area contributed by atoms with Crippen LogP contribution in [0.15, 0.2) is 48.6 Å². The first kappa shape index (κ1) is 41.3. The van der Waals surface area contributed by atoms with E-state index in [4.69, 9.17) is 4.74 Å². The van der Waals surface area contributed by atoms with Crippen LogP contribution in [-0.4, -0.2) is 37.8 Å². The van der Waals surface area contributed by atoms with Crippen LogP contribution in [0.2, 0.25) is 0 Å². The summed E-state index contributed by atoms with van der Waals surface area (Å²) < 4.78 is 6.17. The number of unbranched alkanes of at least 4 members (excludes halogenated alkanes) is 18. The molecule has 0 saturated carbocycles. The smallest absolute Gasteiger partial charge is 0.0554 e. The molecule has 0 radical (unpaired) electrons. The van der Waals surface area contributed by atoms with E-state index < -0.39 is 0 Å². The predicted octanol–water partition coefficient (Wildman–Crippen LogP) is 13.0. The minimum Gasteiger partial charge on any atom is -0.381 e. The summed E-state index contributed by atoms with van der Waals surface area (Å²) in [4.78, 5) is 0. The molecule has 1 heterocycles. The molecule has 2 nitrogen and oxygen atoms in total. The molecular formula is C41H75NOS. The first-order valence-electron chi connectivity index (χ1n) is 19.3. The van der Waals surface area contributed by atoms with Crippen LogP contribution in [0.4, 0.5) is 0 Å². The Labute approximate surface area is 280 Å². The second kappa shape index (κ2) is 33.6. The maximum absolute atomic E-state index is 6.17. The first-order chi connectivity index (χ1) is 21.8. The molecule has 0 aromatic rings. The van der Waals surface area contributed by atoms with Crippen molar-refractivity contribution in [3.05, 3.63) is 48.6 Å². The molecule has 0 aliphatic carbocycles. The summed E-state index contributed by atoms with van der Waals surface area (Å²) >= 11 is 2.17. The molecule has 0 unspecified atom stereocenters. The summed E-state index contributed by atoms with van der Waals surface area (Å²) in [7, 11) is 0. The molecule has 1 saturated heterocycles. The van der Waals surface area contributed by atoms with Gasteiger partial charge in [0.2, 0.25) is 0 Å². The van der Waals surface area contributed by atoms with E-state index in [0.29, 0.717) is 5.41 Å². The molecule has 1 rings (SSSR count). The van der Waals surface area contributed by atoms with Gasteiger partial charge in [-0.2, -0.15) is 11.8 Å². The summed E-state index contributed by atoms with van der Waals surface area (Å²) in [5.74, 6) is 2.59. The number of nitrogens with one attached hydrogen (secondary N) is 1. The second-order valence-corrected chi connectivity index (χ2v) is 14.5. The predicted molar refractivity (Wildman–Crippen MR) is 202 cm³/mol. The highest BCUT2D eigenvalue weighted by Gasteiger charge is 2.36. The van der Waals surface area contributed by atoms with Crippen LogP contribution < -0.4 is 5.32 Å². The SMILES string of the molecule is CCCCC/C=C\C/C=C\CCCCCCCCOCC1(CSCCCCCCCC/C=C\C/C=C\CCCCC)CNC1. The third-order valence-electron chi connectivity index (χ3n) is 8.80. The van der Waals surface area contributed by atoms with Crippen molar-refractivity contribution in [1.29, 1.82) is 0 Å². The van der Waals surface area contributed by atoms with E-state index >= 15 is 0 Å². The summed E-state index contributed by atoms with van der Waals surface area (Å²) in [5, 5.41) is 3.51. The topological polar surface area (TPSA) is 21.3 Å². The van der Waals surface area contributed by atoms with Crippen molar-refractivity contribution in [2.45, 2.75) is 168 Å². The number of thioether (sulfide) groups is 1. The zero-order valence-electron chi connectivity index (χ0n) is 29.6. The van der Waals surface area contributed by atoms with Crippen LogP contribution in [0.3, 0.4) is 0 Å². The van der Waals surface area contributed by atoms with Gasteiger partial charge in [0.1, 0.15) is 0 Å². The Kier molecular flexibility index (Phi) is 31.5. The Balaban J connectivity index is 1.83. The summed E-state index contributed by atoms with van der Waals surface area (Å²) in [5.41, 5.74) is 0.404. The number of hydrogen-bond acceptors (Lipinski definition) is 3. The number of ether oxygens (including phenoxy) is 1. The molecular weight excluding hydrogens is 555 g/mol. The van der Waals surface area contributed by atoms with Gasteiger partial charge < -0.3 is 10.1 Å². The highest BCUT2D eigenvalue weighted by atomic mass is 32.2. The van der Waals surface area contributed by atoms with Gasteiger partial charge in [0.25, 0.3) is 0 Å². The molecule has 256 valence electrons. The summed E-state index contributed by atoms with van der Waals surface area (Å²) in [6.45, 7) is 8.74. The molecule has 0 aromatic heterocycles. The number of rotatable bonds is 34. The fraction of sp³-hybridized carbons (Fsp3) is 0.805. The average molecular weight is 630 g/mol. The lowest BCUT2D eigenvalue weighted by Crippen LogP contribution is -2.57. The fourth-order valence-corrected chi connectivity index (χ4v) is 6.96. The van der Waals surface area contributed by atoms with E-state index in [0.717, 1.165) is 39.1 Å². The number of allylic oxidation sites excluding steroid dienone is 8. The van der Waals surface area contributed by atoms with Gasteiger partial charge in [0.15, 0.2) is 0 Å². The highest BCUT2D eigenvalue weighted by molar-refractivity contribution is 7.99. The molecule has 0 amide bonds. The van der Waals surface area contributed by atoms with Gasteiger partial charge in [0.05, 0.1) is 6.61 Å². The van der Waals surface area contributed by atoms with Crippen molar-refractivity contribution in [3.63, 3.8) is 0 Å². The van der Waals surface area contributed by atoms with Crippen molar-refractivity contribution < 1.29 is 4.74 Å². The fourth-order valence-electron chi connectivity index (χ4n) is 5.69. The number of hydrogen-bond donors (Lipinski definition) is 1. The molecule has 1 N–H and O–H groups in total. The van der Waals surface area contributed by atoms with Gasteiger partial charge in [-0.1, -0.05) is 140 Å². The largest absolute Gasteiger partial charge is 0.381 e. The van der Waals surface area contributed by atoms with E-state index in [1.807, 2.05) is 0 Å². The quantitative estimate of drug-likeness (QED) is 0.0565. The van der Waals surface area contributed by atoms with Crippen LogP contribution in [-0.2, 0) is 4.74 Å². The van der Waals surface area contributed by atoms with Gasteiger partial charge in [-0.05, 0) is 82.8 Å². The first-order valence-corrected chi connectivity index (χ1v) is 20.4. The zero-order valence-corrected chi connectivity index (χ0v) is 30.5. The lowest BCUT2D eigenvalue weighted by atomic mass is 9.85. The van der Waals surface area contributed by atoms with E-state index in [9.17, 15) is 0 Å². The Bertz CT molecular complexity index is 639. The van der Waals surface area contributed by atoms with Crippen LogP contribution in [0.5, 0.6) is 0 Å². The average Bonchev–Trinajstić information content (AvgIpc) is 3.01.